The number of rotatable bonds is 4. The minimum atomic E-state index is -0.447. The molecule has 0 saturated carbocycles. The van der Waals surface area contributed by atoms with Crippen molar-refractivity contribution in [3.05, 3.63) is 38.9 Å². The van der Waals surface area contributed by atoms with Gasteiger partial charge in [-0.1, -0.05) is 6.92 Å². The molecule has 0 N–H and O–H groups in total. The Labute approximate surface area is 94.4 Å². The van der Waals surface area contributed by atoms with Crippen LogP contribution >= 0.6 is 0 Å². The number of ketones is 1. The highest BCUT2D eigenvalue weighted by Gasteiger charge is 2.17. The molecule has 1 aromatic carbocycles. The summed E-state index contributed by atoms with van der Waals surface area (Å²) in [6.07, 6.45) is 1.18. The molecule has 4 nitrogen and oxygen atoms in total. The van der Waals surface area contributed by atoms with Crippen molar-refractivity contribution in [1.82, 2.24) is 0 Å². The fourth-order valence-corrected chi connectivity index (χ4v) is 1.70. The minimum absolute atomic E-state index is 0.0186. The summed E-state index contributed by atoms with van der Waals surface area (Å²) in [4.78, 5) is 22.0. The number of benzene rings is 1. The first-order valence-electron chi connectivity index (χ1n) is 5.26. The number of Topliss-reactive ketones (excluding diaryl/α,β-unsaturated/α-hetero) is 1. The summed E-state index contributed by atoms with van der Waals surface area (Å²) in [5.41, 5.74) is 1.89. The van der Waals surface area contributed by atoms with Gasteiger partial charge in [0.25, 0.3) is 5.69 Å². The summed E-state index contributed by atoms with van der Waals surface area (Å²) >= 11 is 0. The number of aryl methyl sites for hydroxylation is 2. The predicted octanol–water partition coefficient (Wildman–Crippen LogP) is 3.19. The lowest BCUT2D eigenvalue weighted by Gasteiger charge is -2.06. The van der Waals surface area contributed by atoms with Crippen LogP contribution in [0, 0.1) is 24.0 Å². The summed E-state index contributed by atoms with van der Waals surface area (Å²) < 4.78 is 0. The summed E-state index contributed by atoms with van der Waals surface area (Å²) in [7, 11) is 0. The van der Waals surface area contributed by atoms with E-state index in [9.17, 15) is 14.9 Å². The van der Waals surface area contributed by atoms with Crippen LogP contribution in [0.3, 0.4) is 0 Å². The van der Waals surface area contributed by atoms with Gasteiger partial charge in [-0.2, -0.15) is 0 Å². The molecular formula is C12H15NO3. The first-order chi connectivity index (χ1) is 7.47. The van der Waals surface area contributed by atoms with Crippen molar-refractivity contribution in [3.63, 3.8) is 0 Å². The Morgan fingerprint density at radius 1 is 1.31 bits per heavy atom. The third-order valence-corrected chi connectivity index (χ3v) is 2.52. The zero-order chi connectivity index (χ0) is 12.3. The number of nitro benzene ring substituents is 1. The number of nitrogens with zero attached hydrogens (tertiary/aromatic N) is 1. The average Bonchev–Trinajstić information content (AvgIpc) is 2.17. The van der Waals surface area contributed by atoms with Gasteiger partial charge >= 0.3 is 0 Å². The number of hydrogen-bond donors (Lipinski definition) is 0. The zero-order valence-corrected chi connectivity index (χ0v) is 9.74. The molecule has 0 radical (unpaired) electrons. The van der Waals surface area contributed by atoms with E-state index < -0.39 is 4.92 Å². The molecule has 16 heavy (non-hydrogen) atoms. The van der Waals surface area contributed by atoms with Gasteiger partial charge in [0.05, 0.1) is 4.92 Å². The molecule has 0 unspecified atom stereocenters. The fourth-order valence-electron chi connectivity index (χ4n) is 1.70. The molecule has 86 valence electrons. The van der Waals surface area contributed by atoms with Crippen LogP contribution < -0.4 is 0 Å². The maximum absolute atomic E-state index is 11.7. The first-order valence-corrected chi connectivity index (χ1v) is 5.26. The smallest absolute Gasteiger partial charge is 0.273 e. The van der Waals surface area contributed by atoms with Crippen molar-refractivity contribution < 1.29 is 9.72 Å². The molecule has 0 atom stereocenters. The van der Waals surface area contributed by atoms with Gasteiger partial charge in [0, 0.05) is 23.6 Å². The third kappa shape index (κ3) is 2.45. The Morgan fingerprint density at radius 3 is 2.44 bits per heavy atom. The van der Waals surface area contributed by atoms with E-state index in [4.69, 9.17) is 0 Å². The minimum Gasteiger partial charge on any atom is -0.294 e. The van der Waals surface area contributed by atoms with E-state index in [2.05, 4.69) is 0 Å². The Bertz CT molecular complexity index is 438. The average molecular weight is 221 g/mol. The molecule has 0 bridgehead atoms. The fraction of sp³-hybridized carbons (Fsp3) is 0.417. The van der Waals surface area contributed by atoms with Crippen molar-refractivity contribution in [2.45, 2.75) is 33.6 Å². The molecule has 1 aromatic rings. The Kier molecular flexibility index (Phi) is 3.77. The van der Waals surface area contributed by atoms with Crippen LogP contribution in [-0.4, -0.2) is 10.7 Å². The van der Waals surface area contributed by atoms with Gasteiger partial charge < -0.3 is 0 Å². The number of carbonyl (C=O) groups is 1. The lowest BCUT2D eigenvalue weighted by molar-refractivity contribution is -0.385. The van der Waals surface area contributed by atoms with E-state index in [1.54, 1.807) is 19.9 Å². The molecule has 0 aliphatic rings. The largest absolute Gasteiger partial charge is 0.294 e. The second kappa shape index (κ2) is 4.88. The van der Waals surface area contributed by atoms with Gasteiger partial charge in [0.2, 0.25) is 0 Å². The van der Waals surface area contributed by atoms with Crippen LogP contribution in [0.5, 0.6) is 0 Å². The van der Waals surface area contributed by atoms with E-state index in [0.29, 0.717) is 17.5 Å². The zero-order valence-electron chi connectivity index (χ0n) is 9.74. The van der Waals surface area contributed by atoms with Crippen molar-refractivity contribution in [2.75, 3.05) is 0 Å². The monoisotopic (exact) mass is 221 g/mol. The molecule has 0 aliphatic heterocycles. The maximum Gasteiger partial charge on any atom is 0.273 e. The van der Waals surface area contributed by atoms with Crippen LogP contribution in [0.2, 0.25) is 0 Å². The SMILES string of the molecule is CCCC(=O)c1cc([N+](=O)[O-])c(C)cc1C. The van der Waals surface area contributed by atoms with Crippen LogP contribution in [-0.2, 0) is 0 Å². The topological polar surface area (TPSA) is 60.2 Å². The second-order valence-electron chi connectivity index (χ2n) is 3.88. The van der Waals surface area contributed by atoms with Gasteiger partial charge in [-0.15, -0.1) is 0 Å². The highest BCUT2D eigenvalue weighted by Crippen LogP contribution is 2.23. The van der Waals surface area contributed by atoms with Gasteiger partial charge in [-0.3, -0.25) is 14.9 Å². The molecular weight excluding hydrogens is 206 g/mol. The first kappa shape index (κ1) is 12.4. The van der Waals surface area contributed by atoms with Crippen LogP contribution in [0.15, 0.2) is 12.1 Å². The lowest BCUT2D eigenvalue weighted by atomic mass is 9.98. The van der Waals surface area contributed by atoms with Crippen LogP contribution in [0.1, 0.15) is 41.3 Å². The van der Waals surface area contributed by atoms with Crippen molar-refractivity contribution in [1.29, 1.82) is 0 Å². The van der Waals surface area contributed by atoms with Gasteiger partial charge in [0.1, 0.15) is 0 Å². The van der Waals surface area contributed by atoms with Crippen molar-refractivity contribution in [2.24, 2.45) is 0 Å². The number of carbonyl (C=O) groups excluding carboxylic acids is 1. The molecule has 1 rings (SSSR count). The molecule has 0 aliphatic carbocycles. The Morgan fingerprint density at radius 2 is 1.94 bits per heavy atom. The molecule has 0 saturated heterocycles. The summed E-state index contributed by atoms with van der Waals surface area (Å²) in [6, 6.07) is 3.09. The normalized spacial score (nSPS) is 10.2. The lowest BCUT2D eigenvalue weighted by Crippen LogP contribution is -2.03. The summed E-state index contributed by atoms with van der Waals surface area (Å²) in [5.74, 6) is -0.0249. The Balaban J connectivity index is 3.24. The number of nitro groups is 1. The van der Waals surface area contributed by atoms with E-state index in [0.717, 1.165) is 12.0 Å². The third-order valence-electron chi connectivity index (χ3n) is 2.52. The van der Waals surface area contributed by atoms with E-state index in [-0.39, 0.29) is 11.5 Å². The van der Waals surface area contributed by atoms with Crippen molar-refractivity contribution >= 4 is 11.5 Å². The molecule has 0 aromatic heterocycles. The molecule has 0 amide bonds. The Hall–Kier alpha value is -1.71. The van der Waals surface area contributed by atoms with Gasteiger partial charge in [-0.05, 0) is 31.9 Å². The van der Waals surface area contributed by atoms with Gasteiger partial charge in [0.15, 0.2) is 5.78 Å². The second-order valence-corrected chi connectivity index (χ2v) is 3.88. The number of hydrogen-bond acceptors (Lipinski definition) is 3. The van der Waals surface area contributed by atoms with E-state index in [1.165, 1.54) is 6.07 Å². The molecule has 0 fully saturated rings. The van der Waals surface area contributed by atoms with Gasteiger partial charge in [-0.25, -0.2) is 0 Å². The van der Waals surface area contributed by atoms with E-state index >= 15 is 0 Å². The van der Waals surface area contributed by atoms with Crippen LogP contribution in [0.25, 0.3) is 0 Å². The quantitative estimate of drug-likeness (QED) is 0.445. The highest BCUT2D eigenvalue weighted by atomic mass is 16.6. The summed E-state index contributed by atoms with van der Waals surface area (Å²) in [6.45, 7) is 5.40. The van der Waals surface area contributed by atoms with E-state index in [1.807, 2.05) is 6.92 Å². The summed E-state index contributed by atoms with van der Waals surface area (Å²) in [5, 5.41) is 10.8. The highest BCUT2D eigenvalue weighted by molar-refractivity contribution is 5.98. The maximum atomic E-state index is 11.7. The molecule has 0 spiro atoms. The standard InChI is InChI=1S/C12H15NO3/c1-4-5-12(14)10-7-11(13(15)16)9(3)6-8(10)2/h6-7H,4-5H2,1-3H3. The molecule has 4 heteroatoms. The van der Waals surface area contributed by atoms with Crippen LogP contribution in [0.4, 0.5) is 5.69 Å². The predicted molar refractivity (Wildman–Crippen MR) is 61.8 cm³/mol. The molecule has 0 heterocycles. The van der Waals surface area contributed by atoms with Crippen molar-refractivity contribution in [3.8, 4) is 0 Å².